The number of nitrogens with one attached hydrogen (secondary N) is 2. The highest BCUT2D eigenvalue weighted by molar-refractivity contribution is 7.98. The predicted molar refractivity (Wildman–Crippen MR) is 108 cm³/mol. The standard InChI is InChI=1S/C16H30N4O5S.ClH/c1-3-4-5-6-10(17)15(24)20-16(25)12(9-13(21)22)19-14(23)11(18)7-8-26-2;/h10-12H,3-9,17-18H2,1-2H3,(H,19,23)(H,21,22)(H,20,24,25);1H/t10?,11-,12-;/m0./s1. The third kappa shape index (κ3) is 12.6. The number of carboxylic acid groups (broad SMARTS) is 1. The first-order chi connectivity index (χ1) is 12.2. The van der Waals surface area contributed by atoms with E-state index in [-0.39, 0.29) is 12.4 Å². The zero-order valence-electron chi connectivity index (χ0n) is 15.7. The molecule has 11 heteroatoms. The summed E-state index contributed by atoms with van der Waals surface area (Å²) in [6.07, 6.45) is 4.64. The number of thioether (sulfide) groups is 1. The van der Waals surface area contributed by atoms with Crippen molar-refractivity contribution in [2.75, 3.05) is 12.0 Å². The quantitative estimate of drug-likeness (QED) is 0.257. The Morgan fingerprint density at radius 3 is 2.11 bits per heavy atom. The predicted octanol–water partition coefficient (Wildman–Crippen LogP) is -0.00150. The Labute approximate surface area is 170 Å². The highest BCUT2D eigenvalue weighted by Gasteiger charge is 2.28. The van der Waals surface area contributed by atoms with Crippen molar-refractivity contribution in [1.29, 1.82) is 0 Å². The van der Waals surface area contributed by atoms with Gasteiger partial charge in [0.05, 0.1) is 18.5 Å². The number of carbonyl (C=O) groups excluding carboxylic acids is 3. The Hall–Kier alpha value is -1.36. The van der Waals surface area contributed by atoms with E-state index in [4.69, 9.17) is 16.6 Å². The van der Waals surface area contributed by atoms with Gasteiger partial charge in [-0.15, -0.1) is 12.4 Å². The van der Waals surface area contributed by atoms with Crippen LogP contribution in [-0.4, -0.2) is 58.9 Å². The highest BCUT2D eigenvalue weighted by Crippen LogP contribution is 2.03. The molecule has 0 fully saturated rings. The lowest BCUT2D eigenvalue weighted by molar-refractivity contribution is -0.142. The third-order valence-electron chi connectivity index (χ3n) is 3.68. The number of unbranched alkanes of at least 4 members (excludes halogenated alkanes) is 2. The summed E-state index contributed by atoms with van der Waals surface area (Å²) < 4.78 is 0. The first-order valence-electron chi connectivity index (χ1n) is 8.59. The van der Waals surface area contributed by atoms with Gasteiger partial charge in [-0.2, -0.15) is 11.8 Å². The largest absolute Gasteiger partial charge is 0.481 e. The Balaban J connectivity index is 0. The molecule has 0 aromatic carbocycles. The van der Waals surface area contributed by atoms with Gasteiger partial charge in [0.15, 0.2) is 0 Å². The summed E-state index contributed by atoms with van der Waals surface area (Å²) >= 11 is 1.51. The van der Waals surface area contributed by atoms with Crippen molar-refractivity contribution in [3.63, 3.8) is 0 Å². The molecule has 7 N–H and O–H groups in total. The number of rotatable bonds is 13. The number of amides is 3. The first kappa shape index (κ1) is 27.9. The van der Waals surface area contributed by atoms with Gasteiger partial charge in [0.2, 0.25) is 17.7 Å². The van der Waals surface area contributed by atoms with Crippen LogP contribution in [0.2, 0.25) is 0 Å². The molecule has 0 aromatic heterocycles. The summed E-state index contributed by atoms with van der Waals surface area (Å²) in [6.45, 7) is 2.01. The first-order valence-corrected chi connectivity index (χ1v) is 9.99. The molecule has 1 unspecified atom stereocenters. The van der Waals surface area contributed by atoms with Gasteiger partial charge in [-0.05, 0) is 24.9 Å². The number of halogens is 1. The lowest BCUT2D eigenvalue weighted by Gasteiger charge is -2.20. The fourth-order valence-corrected chi connectivity index (χ4v) is 2.57. The average Bonchev–Trinajstić information content (AvgIpc) is 2.58. The van der Waals surface area contributed by atoms with Crippen LogP contribution in [-0.2, 0) is 19.2 Å². The summed E-state index contributed by atoms with van der Waals surface area (Å²) in [4.78, 5) is 47.1. The van der Waals surface area contributed by atoms with Gasteiger partial charge in [-0.3, -0.25) is 24.5 Å². The molecule has 0 bridgehead atoms. The maximum atomic E-state index is 12.2. The van der Waals surface area contributed by atoms with Crippen LogP contribution >= 0.6 is 24.2 Å². The SMILES string of the molecule is CCCCCC(N)C(=O)NC(=O)[C@H](CC(=O)O)NC(=O)[C@@H](N)CCSC.Cl. The number of imide groups is 1. The van der Waals surface area contributed by atoms with Crippen LogP contribution in [0.5, 0.6) is 0 Å². The molecule has 0 saturated heterocycles. The second kappa shape index (κ2) is 15.7. The van der Waals surface area contributed by atoms with Crippen molar-refractivity contribution in [1.82, 2.24) is 10.6 Å². The zero-order valence-corrected chi connectivity index (χ0v) is 17.4. The van der Waals surface area contributed by atoms with Crippen LogP contribution < -0.4 is 22.1 Å². The molecule has 0 aromatic rings. The van der Waals surface area contributed by atoms with Crippen LogP contribution in [0.15, 0.2) is 0 Å². The zero-order chi connectivity index (χ0) is 20.1. The molecule has 0 radical (unpaired) electrons. The molecule has 3 amide bonds. The molecule has 9 nitrogen and oxygen atoms in total. The van der Waals surface area contributed by atoms with Crippen molar-refractivity contribution in [3.05, 3.63) is 0 Å². The van der Waals surface area contributed by atoms with E-state index in [1.54, 1.807) is 0 Å². The lowest BCUT2D eigenvalue weighted by Crippen LogP contribution is -2.55. The molecule has 0 rings (SSSR count). The lowest BCUT2D eigenvalue weighted by atomic mass is 10.1. The van der Waals surface area contributed by atoms with E-state index in [2.05, 4.69) is 10.6 Å². The van der Waals surface area contributed by atoms with Crippen LogP contribution in [0.25, 0.3) is 0 Å². The normalized spacial score (nSPS) is 13.6. The van der Waals surface area contributed by atoms with Crippen LogP contribution in [0.3, 0.4) is 0 Å². The molecule has 0 heterocycles. The Morgan fingerprint density at radius 2 is 1.59 bits per heavy atom. The van der Waals surface area contributed by atoms with E-state index in [9.17, 15) is 19.2 Å². The second-order valence-electron chi connectivity index (χ2n) is 6.00. The van der Waals surface area contributed by atoms with E-state index in [1.165, 1.54) is 11.8 Å². The van der Waals surface area contributed by atoms with Crippen molar-refractivity contribution in [2.45, 2.75) is 63.6 Å². The van der Waals surface area contributed by atoms with Gasteiger partial charge in [-0.25, -0.2) is 0 Å². The van der Waals surface area contributed by atoms with Crippen molar-refractivity contribution < 1.29 is 24.3 Å². The smallest absolute Gasteiger partial charge is 0.305 e. The fraction of sp³-hybridized carbons (Fsp3) is 0.750. The Kier molecular flexibility index (Phi) is 16.2. The molecule has 0 spiro atoms. The minimum absolute atomic E-state index is 0. The molecule has 27 heavy (non-hydrogen) atoms. The molecule has 158 valence electrons. The van der Waals surface area contributed by atoms with Crippen LogP contribution in [0.1, 0.15) is 45.4 Å². The summed E-state index contributed by atoms with van der Waals surface area (Å²) in [5, 5.41) is 13.3. The molecule has 0 aliphatic heterocycles. The van der Waals surface area contributed by atoms with Gasteiger partial charge in [-0.1, -0.05) is 26.2 Å². The molecule has 3 atom stereocenters. The number of carboxylic acids is 1. The van der Waals surface area contributed by atoms with Gasteiger partial charge in [0.25, 0.3) is 0 Å². The molecular weight excluding hydrogens is 396 g/mol. The second-order valence-corrected chi connectivity index (χ2v) is 6.99. The van der Waals surface area contributed by atoms with E-state index in [0.29, 0.717) is 18.6 Å². The average molecular weight is 427 g/mol. The number of hydrogen-bond acceptors (Lipinski definition) is 7. The van der Waals surface area contributed by atoms with E-state index in [0.717, 1.165) is 19.3 Å². The monoisotopic (exact) mass is 426 g/mol. The van der Waals surface area contributed by atoms with Crippen LogP contribution in [0, 0.1) is 0 Å². The molecule has 0 saturated carbocycles. The summed E-state index contributed by atoms with van der Waals surface area (Å²) in [5.74, 6) is -2.88. The van der Waals surface area contributed by atoms with Crippen molar-refractivity contribution >= 4 is 47.9 Å². The summed E-state index contributed by atoms with van der Waals surface area (Å²) in [7, 11) is 0. The Morgan fingerprint density at radius 1 is 1.00 bits per heavy atom. The number of aliphatic carboxylic acids is 1. The van der Waals surface area contributed by atoms with Crippen LogP contribution in [0.4, 0.5) is 0 Å². The van der Waals surface area contributed by atoms with Gasteiger partial charge in [0.1, 0.15) is 6.04 Å². The van der Waals surface area contributed by atoms with Crippen molar-refractivity contribution in [3.8, 4) is 0 Å². The molecule has 0 aliphatic rings. The van der Waals surface area contributed by atoms with Gasteiger partial charge >= 0.3 is 5.97 Å². The Bertz CT molecular complexity index is 495. The highest BCUT2D eigenvalue weighted by atomic mass is 35.5. The van der Waals surface area contributed by atoms with Gasteiger partial charge in [0, 0.05) is 0 Å². The summed E-state index contributed by atoms with van der Waals surface area (Å²) in [5.41, 5.74) is 11.4. The van der Waals surface area contributed by atoms with E-state index in [1.807, 2.05) is 13.2 Å². The number of carbonyl (C=O) groups is 4. The molecule has 0 aliphatic carbocycles. The fourth-order valence-electron chi connectivity index (χ4n) is 2.09. The maximum Gasteiger partial charge on any atom is 0.305 e. The minimum Gasteiger partial charge on any atom is -0.481 e. The maximum absolute atomic E-state index is 12.2. The van der Waals surface area contributed by atoms with Gasteiger partial charge < -0.3 is 21.9 Å². The number of nitrogens with two attached hydrogens (primary N) is 2. The minimum atomic E-state index is -1.40. The number of hydrogen-bond donors (Lipinski definition) is 5. The molecular formula is C16H31ClN4O5S. The topological polar surface area (TPSA) is 165 Å². The van der Waals surface area contributed by atoms with E-state index < -0.39 is 48.2 Å². The summed E-state index contributed by atoms with van der Waals surface area (Å²) in [6, 6.07) is -3.12. The van der Waals surface area contributed by atoms with Crippen molar-refractivity contribution in [2.24, 2.45) is 11.5 Å². The third-order valence-corrected chi connectivity index (χ3v) is 4.33. The van der Waals surface area contributed by atoms with E-state index >= 15 is 0 Å².